The largest absolute Gasteiger partial charge is 0.351 e. The lowest BCUT2D eigenvalue weighted by molar-refractivity contribution is -0.120. The van der Waals surface area contributed by atoms with E-state index in [0.717, 1.165) is 28.3 Å². The van der Waals surface area contributed by atoms with Crippen LogP contribution in [-0.4, -0.2) is 40.2 Å². The van der Waals surface area contributed by atoms with E-state index in [1.54, 1.807) is 10.6 Å². The number of primary sulfonamides is 1. The van der Waals surface area contributed by atoms with Crippen LogP contribution in [-0.2, 0) is 27.8 Å². The van der Waals surface area contributed by atoms with E-state index in [-0.39, 0.29) is 23.1 Å². The summed E-state index contributed by atoms with van der Waals surface area (Å²) < 4.78 is 24.3. The van der Waals surface area contributed by atoms with Crippen LogP contribution >= 0.6 is 23.1 Å². The van der Waals surface area contributed by atoms with Crippen LogP contribution in [0.5, 0.6) is 0 Å². The van der Waals surface area contributed by atoms with Crippen LogP contribution in [0.25, 0.3) is 5.78 Å². The third-order valence-corrected chi connectivity index (χ3v) is 6.99. The summed E-state index contributed by atoms with van der Waals surface area (Å²) in [4.78, 5) is 21.8. The molecule has 0 aliphatic heterocycles. The van der Waals surface area contributed by atoms with E-state index in [2.05, 4.69) is 20.4 Å². The highest BCUT2D eigenvalue weighted by Gasteiger charge is 2.16. The summed E-state index contributed by atoms with van der Waals surface area (Å²) in [5.41, 5.74) is 2.32. The summed E-state index contributed by atoms with van der Waals surface area (Å²) in [5.74, 6) is 0.311. The van der Waals surface area contributed by atoms with E-state index >= 15 is 0 Å². The Labute approximate surface area is 164 Å². The van der Waals surface area contributed by atoms with Gasteiger partial charge in [0, 0.05) is 21.8 Å². The summed E-state index contributed by atoms with van der Waals surface area (Å²) in [5, 5.41) is 12.9. The molecule has 0 spiro atoms. The van der Waals surface area contributed by atoms with Crippen molar-refractivity contribution in [2.24, 2.45) is 5.14 Å². The number of rotatable bonds is 6. The minimum absolute atomic E-state index is 0.0730. The van der Waals surface area contributed by atoms with E-state index in [9.17, 15) is 13.2 Å². The monoisotopic (exact) mass is 426 g/mol. The van der Waals surface area contributed by atoms with Gasteiger partial charge in [0.05, 0.1) is 13.0 Å². The van der Waals surface area contributed by atoms with E-state index in [4.69, 9.17) is 5.14 Å². The fraction of sp³-hybridized carbons (Fsp3) is 0.333. The molecule has 3 aromatic heterocycles. The van der Waals surface area contributed by atoms with Gasteiger partial charge < -0.3 is 5.32 Å². The molecule has 3 heterocycles. The fourth-order valence-electron chi connectivity index (χ4n) is 2.55. The summed E-state index contributed by atoms with van der Waals surface area (Å²) in [6, 6.07) is 3.07. The number of sulfonamides is 1. The molecule has 12 heteroatoms. The van der Waals surface area contributed by atoms with Crippen LogP contribution < -0.4 is 10.5 Å². The minimum atomic E-state index is -3.72. The molecule has 0 saturated carbocycles. The summed E-state index contributed by atoms with van der Waals surface area (Å²) >= 11 is 2.46. The van der Waals surface area contributed by atoms with Gasteiger partial charge in [0.25, 0.3) is 5.78 Å². The zero-order valence-electron chi connectivity index (χ0n) is 14.9. The molecule has 0 radical (unpaired) electrons. The Kier molecular flexibility index (Phi) is 5.51. The molecule has 0 fully saturated rings. The van der Waals surface area contributed by atoms with Gasteiger partial charge in [-0.3, -0.25) is 4.79 Å². The van der Waals surface area contributed by atoms with Gasteiger partial charge >= 0.3 is 0 Å². The van der Waals surface area contributed by atoms with E-state index in [1.807, 2.05) is 20.1 Å². The van der Waals surface area contributed by atoms with Crippen LogP contribution in [0.4, 0.5) is 0 Å². The maximum Gasteiger partial charge on any atom is 0.253 e. The second-order valence-corrected chi connectivity index (χ2v) is 9.52. The zero-order valence-corrected chi connectivity index (χ0v) is 17.3. The molecule has 0 atom stereocenters. The zero-order chi connectivity index (χ0) is 19.8. The Morgan fingerprint density at radius 3 is 2.70 bits per heavy atom. The van der Waals surface area contributed by atoms with Crippen molar-refractivity contribution in [2.45, 2.75) is 36.2 Å². The number of fused-ring (bicyclic) bond motifs is 1. The van der Waals surface area contributed by atoms with Gasteiger partial charge in [-0.15, -0.1) is 16.4 Å². The van der Waals surface area contributed by atoms with Crippen molar-refractivity contribution in [1.29, 1.82) is 0 Å². The summed E-state index contributed by atoms with van der Waals surface area (Å²) in [7, 11) is -3.72. The van der Waals surface area contributed by atoms with E-state index in [1.165, 1.54) is 17.8 Å². The van der Waals surface area contributed by atoms with Gasteiger partial charge in [0.2, 0.25) is 21.1 Å². The number of nitrogens with one attached hydrogen (secondary N) is 1. The summed E-state index contributed by atoms with van der Waals surface area (Å²) in [6.45, 7) is 3.94. The molecule has 1 amide bonds. The number of aromatic nitrogens is 4. The summed E-state index contributed by atoms with van der Waals surface area (Å²) in [6.07, 6.45) is 2.03. The smallest absolute Gasteiger partial charge is 0.253 e. The normalized spacial score (nSPS) is 11.9. The molecule has 27 heavy (non-hydrogen) atoms. The van der Waals surface area contributed by atoms with Crippen molar-refractivity contribution in [3.8, 4) is 0 Å². The molecule has 0 aliphatic carbocycles. The average Bonchev–Trinajstić information content (AvgIpc) is 3.23. The van der Waals surface area contributed by atoms with Crippen LogP contribution in [0.1, 0.15) is 21.8 Å². The molecule has 9 nitrogen and oxygen atoms in total. The molecule has 0 aromatic carbocycles. The number of aryl methyl sites for hydroxylation is 2. The van der Waals surface area contributed by atoms with Crippen molar-refractivity contribution in [2.75, 3.05) is 6.26 Å². The van der Waals surface area contributed by atoms with Gasteiger partial charge in [-0.1, -0.05) is 11.8 Å². The molecule has 0 saturated heterocycles. The molecule has 144 valence electrons. The van der Waals surface area contributed by atoms with Crippen molar-refractivity contribution >= 4 is 44.8 Å². The topological polar surface area (TPSA) is 132 Å². The predicted molar refractivity (Wildman–Crippen MR) is 103 cm³/mol. The maximum absolute atomic E-state index is 12.4. The Balaban J connectivity index is 1.73. The standard InChI is InChI=1S/C15H18N6O3S3/c1-8-11(9(2)21-14(18-8)19-15(20-21)25-3)6-12(22)17-7-10-4-5-13(26-10)27(16,23)24/h4-5H,6-7H2,1-3H3,(H,17,22)(H2,16,23,24). The van der Waals surface area contributed by atoms with Crippen molar-refractivity contribution in [1.82, 2.24) is 24.9 Å². The average molecular weight is 427 g/mol. The highest BCUT2D eigenvalue weighted by molar-refractivity contribution is 7.98. The van der Waals surface area contributed by atoms with Crippen molar-refractivity contribution in [3.05, 3.63) is 34.0 Å². The molecular weight excluding hydrogens is 408 g/mol. The second kappa shape index (κ2) is 7.54. The SMILES string of the molecule is CSc1nc2nc(C)c(CC(=O)NCc3ccc(S(N)(=O)=O)s3)c(C)n2n1. The number of hydrogen-bond acceptors (Lipinski definition) is 8. The molecule has 3 N–H and O–H groups in total. The lowest BCUT2D eigenvalue weighted by atomic mass is 10.1. The number of thioether (sulfide) groups is 1. The van der Waals surface area contributed by atoms with Crippen LogP contribution in [0.15, 0.2) is 21.5 Å². The van der Waals surface area contributed by atoms with E-state index in [0.29, 0.717) is 15.8 Å². The number of thiophene rings is 1. The molecular formula is C15H18N6O3S3. The third kappa shape index (κ3) is 4.29. The molecule has 0 aliphatic rings. The Morgan fingerprint density at radius 2 is 2.07 bits per heavy atom. The molecule has 0 bridgehead atoms. The van der Waals surface area contributed by atoms with Gasteiger partial charge in [-0.25, -0.2) is 23.1 Å². The van der Waals surface area contributed by atoms with Crippen LogP contribution in [0, 0.1) is 13.8 Å². The molecule has 0 unspecified atom stereocenters. The predicted octanol–water partition coefficient (Wildman–Crippen LogP) is 1.03. The third-order valence-electron chi connectivity index (χ3n) is 3.93. The Hall–Kier alpha value is -2.02. The minimum Gasteiger partial charge on any atom is -0.351 e. The quantitative estimate of drug-likeness (QED) is 0.563. The Bertz CT molecular complexity index is 1120. The first kappa shape index (κ1) is 19.7. The first-order valence-electron chi connectivity index (χ1n) is 7.84. The number of hydrogen-bond donors (Lipinski definition) is 2. The van der Waals surface area contributed by atoms with Gasteiger partial charge in [0.15, 0.2) is 0 Å². The van der Waals surface area contributed by atoms with Crippen molar-refractivity contribution < 1.29 is 13.2 Å². The number of nitrogens with two attached hydrogens (primary N) is 1. The van der Waals surface area contributed by atoms with E-state index < -0.39 is 10.0 Å². The fourth-order valence-corrected chi connectivity index (χ4v) is 4.60. The van der Waals surface area contributed by atoms with Gasteiger partial charge in [-0.2, -0.15) is 4.98 Å². The maximum atomic E-state index is 12.4. The number of carbonyl (C=O) groups is 1. The van der Waals surface area contributed by atoms with Crippen LogP contribution in [0.2, 0.25) is 0 Å². The number of carbonyl (C=O) groups excluding carboxylic acids is 1. The number of nitrogens with zero attached hydrogens (tertiary/aromatic N) is 4. The lowest BCUT2D eigenvalue weighted by Gasteiger charge is -2.10. The lowest BCUT2D eigenvalue weighted by Crippen LogP contribution is -2.25. The Morgan fingerprint density at radius 1 is 1.33 bits per heavy atom. The van der Waals surface area contributed by atoms with Crippen molar-refractivity contribution in [3.63, 3.8) is 0 Å². The van der Waals surface area contributed by atoms with Crippen LogP contribution in [0.3, 0.4) is 0 Å². The van der Waals surface area contributed by atoms with Gasteiger partial charge in [-0.05, 0) is 32.2 Å². The van der Waals surface area contributed by atoms with Gasteiger partial charge in [0.1, 0.15) is 4.21 Å². The molecule has 3 rings (SSSR count). The first-order valence-corrected chi connectivity index (χ1v) is 11.4. The second-order valence-electron chi connectivity index (χ2n) is 5.79. The number of amides is 1. The first-order chi connectivity index (χ1) is 12.7. The highest BCUT2D eigenvalue weighted by atomic mass is 32.2. The highest BCUT2D eigenvalue weighted by Crippen LogP contribution is 2.20. The molecule has 3 aromatic rings.